The second-order valence-corrected chi connectivity index (χ2v) is 8.26. The summed E-state index contributed by atoms with van der Waals surface area (Å²) >= 11 is 3.67. The van der Waals surface area contributed by atoms with Crippen LogP contribution in [0.1, 0.15) is 26.4 Å². The van der Waals surface area contributed by atoms with Crippen LogP contribution in [0.15, 0.2) is 48.8 Å². The van der Waals surface area contributed by atoms with Crippen molar-refractivity contribution in [2.75, 3.05) is 12.9 Å². The predicted molar refractivity (Wildman–Crippen MR) is 108 cm³/mol. The highest BCUT2D eigenvalue weighted by Crippen LogP contribution is 2.38. The summed E-state index contributed by atoms with van der Waals surface area (Å²) in [5.74, 6) is 2.85. The second-order valence-electron chi connectivity index (χ2n) is 6.07. The molecule has 2 aromatic heterocycles. The molecule has 1 aromatic carbocycles. The minimum atomic E-state index is -0.0102. The number of amides is 1. The van der Waals surface area contributed by atoms with E-state index in [9.17, 15) is 4.79 Å². The van der Waals surface area contributed by atoms with Crippen LogP contribution < -0.4 is 10.1 Å². The van der Waals surface area contributed by atoms with Crippen molar-refractivity contribution in [1.82, 2.24) is 9.88 Å². The number of nitrogens with zero attached hydrogens (tertiary/aromatic N) is 1. The number of aromatic nitrogens is 1. The number of ether oxygens (including phenoxy) is 1. The van der Waals surface area contributed by atoms with E-state index in [-0.39, 0.29) is 5.91 Å². The third-order valence-electron chi connectivity index (χ3n) is 4.50. The number of benzene rings is 1. The number of thioether (sulfide) groups is 1. The molecule has 6 heteroatoms. The van der Waals surface area contributed by atoms with Crippen molar-refractivity contribution >= 4 is 29.0 Å². The minimum Gasteiger partial charge on any atom is -0.496 e. The molecule has 1 amide bonds. The summed E-state index contributed by atoms with van der Waals surface area (Å²) in [5, 5.41) is 4.11. The zero-order valence-corrected chi connectivity index (χ0v) is 16.2. The minimum absolute atomic E-state index is 0.0102. The zero-order valence-electron chi connectivity index (χ0n) is 14.5. The first-order chi connectivity index (χ1) is 12.8. The molecule has 0 saturated heterocycles. The molecule has 4 nitrogen and oxygen atoms in total. The maximum absolute atomic E-state index is 13.1. The van der Waals surface area contributed by atoms with Crippen LogP contribution in [0, 0.1) is 0 Å². The molecule has 0 spiro atoms. The average molecular weight is 385 g/mol. The van der Waals surface area contributed by atoms with Gasteiger partial charge in [0.2, 0.25) is 0 Å². The molecule has 3 heterocycles. The van der Waals surface area contributed by atoms with Gasteiger partial charge in [-0.25, -0.2) is 0 Å². The summed E-state index contributed by atoms with van der Waals surface area (Å²) in [5.41, 5.74) is 3.02. The van der Waals surface area contributed by atoms with Crippen molar-refractivity contribution < 1.29 is 9.53 Å². The van der Waals surface area contributed by atoms with Crippen LogP contribution in [0.2, 0.25) is 0 Å². The number of rotatable bonds is 5. The molecule has 0 aliphatic carbocycles. The highest BCUT2D eigenvalue weighted by Gasteiger charge is 2.26. The van der Waals surface area contributed by atoms with Crippen LogP contribution in [0.3, 0.4) is 0 Å². The van der Waals surface area contributed by atoms with E-state index >= 15 is 0 Å². The van der Waals surface area contributed by atoms with Crippen molar-refractivity contribution in [1.29, 1.82) is 0 Å². The maximum Gasteiger partial charge on any atom is 0.254 e. The fourth-order valence-electron chi connectivity index (χ4n) is 3.22. The molecule has 26 heavy (non-hydrogen) atoms. The number of carbonyl (C=O) groups excluding carboxylic acids is 1. The van der Waals surface area contributed by atoms with Gasteiger partial charge in [-0.2, -0.15) is 11.8 Å². The van der Waals surface area contributed by atoms with Crippen LogP contribution in [-0.4, -0.2) is 23.3 Å². The van der Waals surface area contributed by atoms with Crippen LogP contribution in [0.5, 0.6) is 5.75 Å². The number of para-hydroxylation sites is 1. The van der Waals surface area contributed by atoms with E-state index in [0.717, 1.165) is 39.8 Å². The van der Waals surface area contributed by atoms with E-state index in [1.165, 1.54) is 10.4 Å². The van der Waals surface area contributed by atoms with E-state index in [1.807, 2.05) is 65.1 Å². The highest BCUT2D eigenvalue weighted by atomic mass is 32.2. The lowest BCUT2D eigenvalue weighted by Crippen LogP contribution is -2.25. The molecular formula is C20H20N2O2S2. The normalized spacial score (nSPS) is 13.3. The first kappa shape index (κ1) is 17.2. The van der Waals surface area contributed by atoms with Crippen LogP contribution in [-0.2, 0) is 18.7 Å². The van der Waals surface area contributed by atoms with Gasteiger partial charge in [0.1, 0.15) is 10.8 Å². The van der Waals surface area contributed by atoms with Gasteiger partial charge in [-0.3, -0.25) is 4.79 Å². The Morgan fingerprint density at radius 3 is 2.85 bits per heavy atom. The summed E-state index contributed by atoms with van der Waals surface area (Å²) in [6.07, 6.45) is 4.96. The Morgan fingerprint density at radius 2 is 2.04 bits per heavy atom. The SMILES string of the molecule is COc1ccccc1CNC(=O)c1c(-n2cccc2)sc2c1CCSC2. The lowest BCUT2D eigenvalue weighted by molar-refractivity contribution is 0.0950. The summed E-state index contributed by atoms with van der Waals surface area (Å²) in [6.45, 7) is 0.452. The maximum atomic E-state index is 13.1. The van der Waals surface area contributed by atoms with Gasteiger partial charge in [0.05, 0.1) is 12.7 Å². The molecule has 1 N–H and O–H groups in total. The number of nitrogens with one attached hydrogen (secondary N) is 1. The lowest BCUT2D eigenvalue weighted by Gasteiger charge is -2.14. The molecule has 1 aliphatic heterocycles. The van der Waals surface area contributed by atoms with Gasteiger partial charge < -0.3 is 14.6 Å². The Labute approximate surface area is 161 Å². The largest absolute Gasteiger partial charge is 0.496 e. The fraction of sp³-hybridized carbons (Fsp3) is 0.250. The van der Waals surface area contributed by atoms with Gasteiger partial charge in [-0.05, 0) is 35.9 Å². The number of hydrogen-bond acceptors (Lipinski definition) is 4. The first-order valence-corrected chi connectivity index (χ1v) is 10.5. The van der Waals surface area contributed by atoms with Gasteiger partial charge in [-0.15, -0.1) is 11.3 Å². The first-order valence-electron chi connectivity index (χ1n) is 8.53. The van der Waals surface area contributed by atoms with E-state index in [4.69, 9.17) is 4.74 Å². The molecular weight excluding hydrogens is 364 g/mol. The third kappa shape index (κ3) is 3.27. The van der Waals surface area contributed by atoms with E-state index in [1.54, 1.807) is 18.4 Å². The van der Waals surface area contributed by atoms with Gasteiger partial charge in [0.15, 0.2) is 0 Å². The molecule has 1 aliphatic rings. The fourth-order valence-corrected chi connectivity index (χ4v) is 5.66. The van der Waals surface area contributed by atoms with Crippen molar-refractivity contribution in [3.05, 3.63) is 70.4 Å². The Bertz CT molecular complexity index is 916. The molecule has 4 rings (SSSR count). The van der Waals surface area contributed by atoms with Gasteiger partial charge >= 0.3 is 0 Å². The summed E-state index contributed by atoms with van der Waals surface area (Å²) in [6, 6.07) is 11.8. The predicted octanol–water partition coefficient (Wildman–Crippen LogP) is 4.27. The molecule has 134 valence electrons. The van der Waals surface area contributed by atoms with Gasteiger partial charge in [0, 0.05) is 35.1 Å². The molecule has 0 fully saturated rings. The summed E-state index contributed by atoms with van der Waals surface area (Å²) in [4.78, 5) is 14.4. The number of fused-ring (bicyclic) bond motifs is 1. The third-order valence-corrected chi connectivity index (χ3v) is 6.91. The summed E-state index contributed by atoms with van der Waals surface area (Å²) in [7, 11) is 1.65. The van der Waals surface area contributed by atoms with Crippen molar-refractivity contribution in [3.8, 4) is 10.8 Å². The Hall–Kier alpha value is -2.18. The van der Waals surface area contributed by atoms with E-state index in [2.05, 4.69) is 5.32 Å². The van der Waals surface area contributed by atoms with Crippen molar-refractivity contribution in [2.24, 2.45) is 0 Å². The number of methoxy groups -OCH3 is 1. The summed E-state index contributed by atoms with van der Waals surface area (Å²) < 4.78 is 7.43. The average Bonchev–Trinajstić information content (AvgIpc) is 3.33. The number of thiophene rings is 1. The highest BCUT2D eigenvalue weighted by molar-refractivity contribution is 7.98. The molecule has 3 aromatic rings. The van der Waals surface area contributed by atoms with Crippen molar-refractivity contribution in [3.63, 3.8) is 0 Å². The topological polar surface area (TPSA) is 43.3 Å². The van der Waals surface area contributed by atoms with Crippen molar-refractivity contribution in [2.45, 2.75) is 18.7 Å². The monoisotopic (exact) mass is 384 g/mol. The van der Waals surface area contributed by atoms with Crippen LogP contribution >= 0.6 is 23.1 Å². The molecule has 0 atom stereocenters. The molecule has 0 bridgehead atoms. The lowest BCUT2D eigenvalue weighted by atomic mass is 10.1. The molecule has 0 saturated carbocycles. The zero-order chi connectivity index (χ0) is 17.9. The van der Waals surface area contributed by atoms with E-state index < -0.39 is 0 Å². The van der Waals surface area contributed by atoms with Crippen LogP contribution in [0.4, 0.5) is 0 Å². The number of carbonyl (C=O) groups is 1. The molecule has 0 radical (unpaired) electrons. The molecule has 0 unspecified atom stereocenters. The Kier molecular flexibility index (Phi) is 5.04. The standard InChI is InChI=1S/C20H20N2O2S2/c1-24-16-7-3-2-6-14(16)12-21-19(23)18-15-8-11-25-13-17(15)26-20(18)22-9-4-5-10-22/h2-7,9-10H,8,11-13H2,1H3,(H,21,23). The second kappa shape index (κ2) is 7.60. The smallest absolute Gasteiger partial charge is 0.254 e. The van der Waals surface area contributed by atoms with E-state index in [0.29, 0.717) is 6.54 Å². The number of hydrogen-bond donors (Lipinski definition) is 1. The quantitative estimate of drug-likeness (QED) is 0.714. The Morgan fingerprint density at radius 1 is 1.23 bits per heavy atom. The van der Waals surface area contributed by atoms with Gasteiger partial charge in [-0.1, -0.05) is 18.2 Å². The van der Waals surface area contributed by atoms with Gasteiger partial charge in [0.25, 0.3) is 5.91 Å². The Balaban J connectivity index is 1.64. The van der Waals surface area contributed by atoms with Crippen LogP contribution in [0.25, 0.3) is 5.00 Å².